The quantitative estimate of drug-likeness (QED) is 0.853. The summed E-state index contributed by atoms with van der Waals surface area (Å²) in [6, 6.07) is 6.27. The van der Waals surface area contributed by atoms with Gasteiger partial charge >= 0.3 is 0 Å². The molecule has 2 N–H and O–H groups in total. The van der Waals surface area contributed by atoms with Gasteiger partial charge in [0, 0.05) is 0 Å². The Bertz CT molecular complexity index is 376. The number of ether oxygens (including phenoxy) is 2. The first-order valence-electron chi connectivity index (χ1n) is 6.32. The molecular weight excluding hydrogens is 214 g/mol. The van der Waals surface area contributed by atoms with Gasteiger partial charge in [0.05, 0.1) is 0 Å². The third kappa shape index (κ3) is 2.72. The van der Waals surface area contributed by atoms with Gasteiger partial charge in [0.25, 0.3) is 0 Å². The maximum Gasteiger partial charge on any atom is 0.231 e. The van der Waals surface area contributed by atoms with Crippen LogP contribution in [0.4, 0.5) is 0 Å². The Hall–Kier alpha value is -1.22. The molecule has 0 bridgehead atoms. The molecule has 1 heterocycles. The van der Waals surface area contributed by atoms with Crippen LogP contribution in [-0.4, -0.2) is 13.3 Å². The number of benzene rings is 1. The zero-order chi connectivity index (χ0) is 12.3. The molecule has 0 spiro atoms. The lowest BCUT2D eigenvalue weighted by Gasteiger charge is -2.21. The molecule has 0 saturated carbocycles. The lowest BCUT2D eigenvalue weighted by atomic mass is 9.84. The van der Waals surface area contributed by atoms with Gasteiger partial charge in [0.15, 0.2) is 11.5 Å². The molecule has 1 unspecified atom stereocenters. The van der Waals surface area contributed by atoms with E-state index in [1.807, 2.05) is 6.07 Å². The summed E-state index contributed by atoms with van der Waals surface area (Å²) in [5.74, 6) is 2.89. The van der Waals surface area contributed by atoms with Crippen molar-refractivity contribution in [1.29, 1.82) is 0 Å². The smallest absolute Gasteiger partial charge is 0.231 e. The average molecular weight is 235 g/mol. The first kappa shape index (κ1) is 12.2. The van der Waals surface area contributed by atoms with Crippen LogP contribution in [0.15, 0.2) is 18.2 Å². The van der Waals surface area contributed by atoms with Crippen LogP contribution in [0.25, 0.3) is 0 Å². The SMILES string of the molecule is CC(C)C(CCCN)c1ccc2c(c1)OCO2. The Morgan fingerprint density at radius 2 is 2.00 bits per heavy atom. The number of hydrogen-bond acceptors (Lipinski definition) is 3. The van der Waals surface area contributed by atoms with Gasteiger partial charge in [-0.15, -0.1) is 0 Å². The molecule has 1 aliphatic rings. The molecule has 1 aromatic carbocycles. The predicted molar refractivity (Wildman–Crippen MR) is 68.4 cm³/mol. The minimum atomic E-state index is 0.341. The Kier molecular flexibility index (Phi) is 3.89. The van der Waals surface area contributed by atoms with E-state index in [-0.39, 0.29) is 0 Å². The van der Waals surface area contributed by atoms with Crippen LogP contribution in [-0.2, 0) is 0 Å². The second kappa shape index (κ2) is 5.41. The van der Waals surface area contributed by atoms with Gasteiger partial charge in [0.1, 0.15) is 0 Å². The van der Waals surface area contributed by atoms with Crippen molar-refractivity contribution in [2.75, 3.05) is 13.3 Å². The Labute approximate surface area is 103 Å². The summed E-state index contributed by atoms with van der Waals surface area (Å²) in [6.07, 6.45) is 2.20. The standard InChI is InChI=1S/C14H21NO2/c1-10(2)12(4-3-7-15)11-5-6-13-14(8-11)17-9-16-13/h5-6,8,10,12H,3-4,7,9,15H2,1-2H3. The van der Waals surface area contributed by atoms with Crippen molar-refractivity contribution in [2.45, 2.75) is 32.6 Å². The summed E-state index contributed by atoms with van der Waals surface area (Å²) in [5.41, 5.74) is 6.93. The fourth-order valence-electron chi connectivity index (χ4n) is 2.37. The fraction of sp³-hybridized carbons (Fsp3) is 0.571. The third-order valence-electron chi connectivity index (χ3n) is 3.35. The van der Waals surface area contributed by atoms with Gasteiger partial charge in [-0.2, -0.15) is 0 Å². The van der Waals surface area contributed by atoms with Crippen molar-refractivity contribution in [1.82, 2.24) is 0 Å². The molecule has 0 amide bonds. The normalized spacial score (nSPS) is 15.3. The monoisotopic (exact) mass is 235 g/mol. The molecule has 17 heavy (non-hydrogen) atoms. The van der Waals surface area contributed by atoms with E-state index in [2.05, 4.69) is 26.0 Å². The molecule has 3 nitrogen and oxygen atoms in total. The highest BCUT2D eigenvalue weighted by atomic mass is 16.7. The van der Waals surface area contributed by atoms with Gasteiger partial charge in [0.2, 0.25) is 6.79 Å². The van der Waals surface area contributed by atoms with E-state index in [4.69, 9.17) is 15.2 Å². The summed E-state index contributed by atoms with van der Waals surface area (Å²) >= 11 is 0. The van der Waals surface area contributed by atoms with Crippen molar-refractivity contribution in [3.63, 3.8) is 0 Å². The molecule has 3 heteroatoms. The summed E-state index contributed by atoms with van der Waals surface area (Å²) in [4.78, 5) is 0. The molecule has 2 rings (SSSR count). The van der Waals surface area contributed by atoms with E-state index in [1.54, 1.807) is 0 Å². The van der Waals surface area contributed by atoms with Crippen molar-refractivity contribution >= 4 is 0 Å². The largest absolute Gasteiger partial charge is 0.454 e. The summed E-state index contributed by atoms with van der Waals surface area (Å²) < 4.78 is 10.8. The highest BCUT2D eigenvalue weighted by Crippen LogP contribution is 2.37. The van der Waals surface area contributed by atoms with E-state index in [9.17, 15) is 0 Å². The number of rotatable bonds is 5. The van der Waals surface area contributed by atoms with Crippen molar-refractivity contribution in [3.8, 4) is 11.5 Å². The van der Waals surface area contributed by atoms with Crippen LogP contribution >= 0.6 is 0 Å². The molecule has 0 fully saturated rings. The Balaban J connectivity index is 2.17. The van der Waals surface area contributed by atoms with E-state index in [0.29, 0.717) is 18.6 Å². The number of nitrogens with two attached hydrogens (primary N) is 1. The minimum absolute atomic E-state index is 0.341. The maximum absolute atomic E-state index is 5.60. The molecular formula is C14H21NO2. The summed E-state index contributed by atoms with van der Waals surface area (Å²) in [6.45, 7) is 5.61. The molecule has 1 aliphatic heterocycles. The van der Waals surface area contributed by atoms with Gasteiger partial charge in [-0.05, 0) is 48.9 Å². The van der Waals surface area contributed by atoms with Crippen LogP contribution in [0.2, 0.25) is 0 Å². The molecule has 0 radical (unpaired) electrons. The zero-order valence-electron chi connectivity index (χ0n) is 10.6. The van der Waals surface area contributed by atoms with Crippen LogP contribution in [0.3, 0.4) is 0 Å². The average Bonchev–Trinajstić information content (AvgIpc) is 2.76. The van der Waals surface area contributed by atoms with Crippen LogP contribution < -0.4 is 15.2 Å². The second-order valence-electron chi connectivity index (χ2n) is 4.89. The van der Waals surface area contributed by atoms with Gasteiger partial charge < -0.3 is 15.2 Å². The highest BCUT2D eigenvalue weighted by Gasteiger charge is 2.19. The molecule has 1 aromatic rings. The van der Waals surface area contributed by atoms with Gasteiger partial charge in [-0.25, -0.2) is 0 Å². The lowest BCUT2D eigenvalue weighted by molar-refractivity contribution is 0.174. The first-order chi connectivity index (χ1) is 8.22. The summed E-state index contributed by atoms with van der Waals surface area (Å²) in [7, 11) is 0. The Morgan fingerprint density at radius 3 is 2.71 bits per heavy atom. The Morgan fingerprint density at radius 1 is 1.24 bits per heavy atom. The zero-order valence-corrected chi connectivity index (χ0v) is 10.6. The second-order valence-corrected chi connectivity index (χ2v) is 4.89. The van der Waals surface area contributed by atoms with Crippen molar-refractivity contribution < 1.29 is 9.47 Å². The molecule has 0 aromatic heterocycles. The lowest BCUT2D eigenvalue weighted by Crippen LogP contribution is -2.09. The third-order valence-corrected chi connectivity index (χ3v) is 3.35. The maximum atomic E-state index is 5.60. The highest BCUT2D eigenvalue weighted by molar-refractivity contribution is 5.45. The number of hydrogen-bond donors (Lipinski definition) is 1. The van der Waals surface area contributed by atoms with Crippen molar-refractivity contribution in [3.05, 3.63) is 23.8 Å². The molecule has 1 atom stereocenters. The molecule has 0 saturated heterocycles. The molecule has 94 valence electrons. The predicted octanol–water partition coefficient (Wildman–Crippen LogP) is 2.89. The van der Waals surface area contributed by atoms with Gasteiger partial charge in [-0.1, -0.05) is 19.9 Å². The number of fused-ring (bicyclic) bond motifs is 1. The first-order valence-corrected chi connectivity index (χ1v) is 6.32. The van der Waals surface area contributed by atoms with Crippen LogP contribution in [0.5, 0.6) is 11.5 Å². The van der Waals surface area contributed by atoms with E-state index >= 15 is 0 Å². The molecule has 0 aliphatic carbocycles. The minimum Gasteiger partial charge on any atom is -0.454 e. The summed E-state index contributed by atoms with van der Waals surface area (Å²) in [5, 5.41) is 0. The van der Waals surface area contributed by atoms with Crippen molar-refractivity contribution in [2.24, 2.45) is 11.7 Å². The van der Waals surface area contributed by atoms with Crippen LogP contribution in [0.1, 0.15) is 38.2 Å². The van der Waals surface area contributed by atoms with Crippen LogP contribution in [0, 0.1) is 5.92 Å². The van der Waals surface area contributed by atoms with E-state index in [1.165, 1.54) is 5.56 Å². The topological polar surface area (TPSA) is 44.5 Å². The fourth-order valence-corrected chi connectivity index (χ4v) is 2.37. The van der Waals surface area contributed by atoms with E-state index < -0.39 is 0 Å². The van der Waals surface area contributed by atoms with E-state index in [0.717, 1.165) is 30.9 Å². The van der Waals surface area contributed by atoms with Gasteiger partial charge in [-0.3, -0.25) is 0 Å².